The molecular formula is C21H16ClN3O3S. The van der Waals surface area contributed by atoms with Crippen LogP contribution >= 0.6 is 23.4 Å². The second-order valence-corrected chi connectivity index (χ2v) is 7.66. The summed E-state index contributed by atoms with van der Waals surface area (Å²) in [4.78, 5) is 24.5. The summed E-state index contributed by atoms with van der Waals surface area (Å²) in [5.41, 5.74) is 4.34. The summed E-state index contributed by atoms with van der Waals surface area (Å²) in [5, 5.41) is 16.0. The van der Waals surface area contributed by atoms with E-state index in [4.69, 9.17) is 11.6 Å². The van der Waals surface area contributed by atoms with Gasteiger partial charge in [0.25, 0.3) is 11.6 Å². The van der Waals surface area contributed by atoms with Gasteiger partial charge in [-0.15, -0.1) is 0 Å². The van der Waals surface area contributed by atoms with Gasteiger partial charge in [-0.1, -0.05) is 47.1 Å². The normalized spacial score (nSPS) is 10.8. The molecule has 6 nitrogen and oxygen atoms in total. The van der Waals surface area contributed by atoms with Crippen LogP contribution in [0.25, 0.3) is 0 Å². The summed E-state index contributed by atoms with van der Waals surface area (Å²) in [6, 6.07) is 18.9. The highest BCUT2D eigenvalue weighted by molar-refractivity contribution is 7.99. The highest BCUT2D eigenvalue weighted by Crippen LogP contribution is 2.35. The van der Waals surface area contributed by atoms with Crippen molar-refractivity contribution in [2.24, 2.45) is 5.10 Å². The van der Waals surface area contributed by atoms with Gasteiger partial charge in [0, 0.05) is 27.1 Å². The topological polar surface area (TPSA) is 84.6 Å². The fraction of sp³-hybridized carbons (Fsp3) is 0.0476. The molecule has 146 valence electrons. The average Bonchev–Trinajstić information content (AvgIpc) is 2.70. The number of nitrogens with zero attached hydrogens (tertiary/aromatic N) is 2. The van der Waals surface area contributed by atoms with E-state index in [1.807, 2.05) is 13.0 Å². The molecule has 0 heterocycles. The number of carbonyl (C=O) groups is 1. The smallest absolute Gasteiger partial charge is 0.267 e. The molecule has 0 atom stereocenters. The average molecular weight is 426 g/mol. The number of benzene rings is 3. The molecule has 0 saturated heterocycles. The maximum absolute atomic E-state index is 12.1. The van der Waals surface area contributed by atoms with Crippen LogP contribution in [0.3, 0.4) is 0 Å². The molecule has 0 radical (unpaired) electrons. The maximum Gasteiger partial charge on any atom is 0.283 e. The highest BCUT2D eigenvalue weighted by atomic mass is 35.5. The van der Waals surface area contributed by atoms with Crippen LogP contribution in [0.1, 0.15) is 21.5 Å². The van der Waals surface area contributed by atoms with E-state index in [1.165, 1.54) is 24.0 Å². The van der Waals surface area contributed by atoms with Crippen LogP contribution in [-0.2, 0) is 0 Å². The van der Waals surface area contributed by atoms with Gasteiger partial charge in [0.15, 0.2) is 0 Å². The number of rotatable bonds is 6. The summed E-state index contributed by atoms with van der Waals surface area (Å²) in [6.45, 7) is 1.89. The zero-order valence-electron chi connectivity index (χ0n) is 15.3. The van der Waals surface area contributed by atoms with Gasteiger partial charge in [0.05, 0.1) is 16.0 Å². The Morgan fingerprint density at radius 3 is 2.59 bits per heavy atom. The monoisotopic (exact) mass is 425 g/mol. The van der Waals surface area contributed by atoms with Gasteiger partial charge in [0.2, 0.25) is 0 Å². The summed E-state index contributed by atoms with van der Waals surface area (Å²) >= 11 is 7.15. The lowest BCUT2D eigenvalue weighted by Crippen LogP contribution is -2.17. The highest BCUT2D eigenvalue weighted by Gasteiger charge is 2.15. The van der Waals surface area contributed by atoms with E-state index in [0.29, 0.717) is 21.0 Å². The summed E-state index contributed by atoms with van der Waals surface area (Å²) in [6.07, 6.45) is 1.37. The standard InChI is InChI=1S/C21H16ClN3O3S/c1-14-3-2-4-16(11-14)21(26)24-23-13-15-5-10-20(19(12-15)25(27)28)29-18-8-6-17(22)7-9-18/h2-13H,1H3,(H,24,26)/b23-13+. The molecule has 0 saturated carbocycles. The summed E-state index contributed by atoms with van der Waals surface area (Å²) in [7, 11) is 0. The van der Waals surface area contributed by atoms with Crippen molar-refractivity contribution < 1.29 is 9.72 Å². The van der Waals surface area contributed by atoms with Gasteiger partial charge >= 0.3 is 0 Å². The van der Waals surface area contributed by atoms with Gasteiger partial charge in [0.1, 0.15) is 0 Å². The van der Waals surface area contributed by atoms with Crippen molar-refractivity contribution in [2.75, 3.05) is 0 Å². The number of hydrogen-bond acceptors (Lipinski definition) is 5. The lowest BCUT2D eigenvalue weighted by atomic mass is 10.1. The molecule has 3 aromatic rings. The van der Waals surface area contributed by atoms with E-state index in [9.17, 15) is 14.9 Å². The van der Waals surface area contributed by atoms with E-state index in [2.05, 4.69) is 10.5 Å². The molecule has 29 heavy (non-hydrogen) atoms. The number of nitro groups is 1. The van der Waals surface area contributed by atoms with Crippen LogP contribution in [0.5, 0.6) is 0 Å². The van der Waals surface area contributed by atoms with Crippen LogP contribution < -0.4 is 5.43 Å². The molecule has 0 aliphatic rings. The van der Waals surface area contributed by atoms with Gasteiger partial charge in [-0.05, 0) is 49.4 Å². The Morgan fingerprint density at radius 2 is 1.90 bits per heavy atom. The van der Waals surface area contributed by atoms with Gasteiger partial charge in [-0.3, -0.25) is 14.9 Å². The molecule has 0 aliphatic heterocycles. The van der Waals surface area contributed by atoms with Crippen molar-refractivity contribution in [3.8, 4) is 0 Å². The number of hydrazone groups is 1. The molecule has 0 spiro atoms. The Morgan fingerprint density at radius 1 is 1.14 bits per heavy atom. The van der Waals surface area contributed by atoms with E-state index in [-0.39, 0.29) is 11.6 Å². The SMILES string of the molecule is Cc1cccc(C(=O)N/N=C/c2ccc(Sc3ccc(Cl)cc3)c([N+](=O)[O-])c2)c1. The third-order valence-electron chi connectivity index (χ3n) is 3.88. The number of amides is 1. The summed E-state index contributed by atoms with van der Waals surface area (Å²) < 4.78 is 0. The van der Waals surface area contributed by atoms with E-state index in [1.54, 1.807) is 54.6 Å². The van der Waals surface area contributed by atoms with Crippen molar-refractivity contribution in [1.82, 2.24) is 5.43 Å². The molecule has 3 aromatic carbocycles. The predicted octanol–water partition coefficient (Wildman–Crippen LogP) is 5.47. The Kier molecular flexibility index (Phi) is 6.64. The molecular weight excluding hydrogens is 410 g/mol. The molecule has 0 unspecified atom stereocenters. The lowest BCUT2D eigenvalue weighted by Gasteiger charge is -2.04. The number of carbonyl (C=O) groups excluding carboxylic acids is 1. The minimum absolute atomic E-state index is 0.0427. The molecule has 8 heteroatoms. The van der Waals surface area contributed by atoms with Gasteiger partial charge < -0.3 is 0 Å². The Hall–Kier alpha value is -3.16. The van der Waals surface area contributed by atoms with E-state index >= 15 is 0 Å². The fourth-order valence-corrected chi connectivity index (χ4v) is 3.52. The maximum atomic E-state index is 12.1. The van der Waals surface area contributed by atoms with E-state index in [0.717, 1.165) is 10.5 Å². The molecule has 0 aliphatic carbocycles. The third kappa shape index (κ3) is 5.66. The van der Waals surface area contributed by atoms with Crippen LogP contribution in [0.4, 0.5) is 5.69 Å². The minimum atomic E-state index is -0.444. The Balaban J connectivity index is 1.74. The quantitative estimate of drug-likeness (QED) is 0.322. The Labute approximate surface area is 176 Å². The molecule has 0 bridgehead atoms. The first-order valence-corrected chi connectivity index (χ1v) is 9.74. The first-order valence-electron chi connectivity index (χ1n) is 8.54. The first kappa shape index (κ1) is 20.6. The zero-order valence-corrected chi connectivity index (χ0v) is 16.9. The predicted molar refractivity (Wildman–Crippen MR) is 115 cm³/mol. The fourth-order valence-electron chi connectivity index (χ4n) is 2.49. The molecule has 0 fully saturated rings. The summed E-state index contributed by atoms with van der Waals surface area (Å²) in [5.74, 6) is -0.352. The van der Waals surface area contributed by atoms with Gasteiger partial charge in [-0.25, -0.2) is 5.43 Å². The zero-order chi connectivity index (χ0) is 20.8. The number of nitro benzene ring substituents is 1. The Bertz CT molecular complexity index is 1080. The first-order chi connectivity index (χ1) is 13.9. The van der Waals surface area contributed by atoms with Crippen LogP contribution in [-0.4, -0.2) is 17.0 Å². The van der Waals surface area contributed by atoms with Crippen molar-refractivity contribution in [3.05, 3.63) is 98.6 Å². The van der Waals surface area contributed by atoms with Crippen molar-refractivity contribution in [2.45, 2.75) is 16.7 Å². The second-order valence-electron chi connectivity index (χ2n) is 6.11. The molecule has 3 rings (SSSR count). The van der Waals surface area contributed by atoms with Crippen LogP contribution in [0.2, 0.25) is 5.02 Å². The third-order valence-corrected chi connectivity index (χ3v) is 5.21. The largest absolute Gasteiger partial charge is 0.283 e. The molecule has 1 amide bonds. The molecule has 1 N–H and O–H groups in total. The number of nitrogens with one attached hydrogen (secondary N) is 1. The molecule has 0 aromatic heterocycles. The number of halogens is 1. The van der Waals surface area contributed by atoms with Crippen LogP contribution in [0.15, 0.2) is 81.6 Å². The van der Waals surface area contributed by atoms with Crippen LogP contribution in [0, 0.1) is 17.0 Å². The van der Waals surface area contributed by atoms with Gasteiger partial charge in [-0.2, -0.15) is 5.10 Å². The van der Waals surface area contributed by atoms with Crippen molar-refractivity contribution in [1.29, 1.82) is 0 Å². The minimum Gasteiger partial charge on any atom is -0.267 e. The second kappa shape index (κ2) is 9.36. The van der Waals surface area contributed by atoms with Crippen molar-refractivity contribution >= 4 is 41.2 Å². The lowest BCUT2D eigenvalue weighted by molar-refractivity contribution is -0.387. The number of hydrogen-bond donors (Lipinski definition) is 1. The number of aryl methyl sites for hydroxylation is 1. The van der Waals surface area contributed by atoms with E-state index < -0.39 is 4.92 Å². The van der Waals surface area contributed by atoms with Crippen molar-refractivity contribution in [3.63, 3.8) is 0 Å².